The van der Waals surface area contributed by atoms with Crippen LogP contribution >= 0.6 is 11.8 Å². The molecule has 1 N–H and O–H groups in total. The Morgan fingerprint density at radius 2 is 2.19 bits per heavy atom. The number of rotatable bonds is 6. The normalized spacial score (nSPS) is 16.6. The molecule has 0 radical (unpaired) electrons. The predicted octanol–water partition coefficient (Wildman–Crippen LogP) is 2.74. The molecule has 6 heteroatoms. The van der Waals surface area contributed by atoms with Crippen molar-refractivity contribution in [3.05, 3.63) is 18.5 Å². The molecular formula is C15H24N4OS. The van der Waals surface area contributed by atoms with Crippen LogP contribution in [-0.4, -0.2) is 31.5 Å². The van der Waals surface area contributed by atoms with Crippen molar-refractivity contribution in [3.63, 3.8) is 0 Å². The number of carbonyl (C=O) groups excluding carboxylic acids is 1. The van der Waals surface area contributed by atoms with E-state index in [1.54, 1.807) is 0 Å². The third-order valence-electron chi connectivity index (χ3n) is 3.15. The van der Waals surface area contributed by atoms with Crippen molar-refractivity contribution in [3.8, 4) is 0 Å². The minimum absolute atomic E-state index is 0.0219. The van der Waals surface area contributed by atoms with Crippen LogP contribution in [0.1, 0.15) is 52.3 Å². The van der Waals surface area contributed by atoms with Gasteiger partial charge in [0.25, 0.3) is 0 Å². The second-order valence-electron chi connectivity index (χ2n) is 6.51. The molecule has 0 aromatic carbocycles. The number of amides is 1. The van der Waals surface area contributed by atoms with E-state index >= 15 is 0 Å². The SMILES string of the molecule is C=CCn1c(SC(C)C(=O)NC(C)(C)C)nnc1C1CC1. The fourth-order valence-electron chi connectivity index (χ4n) is 2.01. The quantitative estimate of drug-likeness (QED) is 0.648. The summed E-state index contributed by atoms with van der Waals surface area (Å²) in [6.07, 6.45) is 4.21. The maximum atomic E-state index is 12.2. The van der Waals surface area contributed by atoms with Crippen LogP contribution in [0.25, 0.3) is 0 Å². The number of carbonyl (C=O) groups is 1. The molecule has 1 amide bonds. The highest BCUT2D eigenvalue weighted by atomic mass is 32.2. The standard InChI is InChI=1S/C15H24N4OS/c1-6-9-19-12(11-7-8-11)17-18-14(19)21-10(2)13(20)16-15(3,4)5/h6,10-11H,1,7-9H2,2-5H3,(H,16,20). The van der Waals surface area contributed by atoms with E-state index in [1.165, 1.54) is 24.6 Å². The van der Waals surface area contributed by atoms with Crippen molar-refractivity contribution in [1.82, 2.24) is 20.1 Å². The molecular weight excluding hydrogens is 284 g/mol. The summed E-state index contributed by atoms with van der Waals surface area (Å²) in [6, 6.07) is 0. The fraction of sp³-hybridized carbons (Fsp3) is 0.667. The molecule has 0 saturated heterocycles. The third kappa shape index (κ3) is 4.33. The highest BCUT2D eigenvalue weighted by Crippen LogP contribution is 2.40. The van der Waals surface area contributed by atoms with Gasteiger partial charge in [0.1, 0.15) is 5.82 Å². The smallest absolute Gasteiger partial charge is 0.233 e. The van der Waals surface area contributed by atoms with Crippen LogP contribution in [0.15, 0.2) is 17.8 Å². The van der Waals surface area contributed by atoms with Gasteiger partial charge >= 0.3 is 0 Å². The summed E-state index contributed by atoms with van der Waals surface area (Å²) in [5, 5.41) is 12.1. The van der Waals surface area contributed by atoms with Crippen molar-refractivity contribution < 1.29 is 4.79 Å². The van der Waals surface area contributed by atoms with Crippen molar-refractivity contribution in [2.75, 3.05) is 0 Å². The Labute approximate surface area is 130 Å². The Hall–Kier alpha value is -1.30. The van der Waals surface area contributed by atoms with Crippen LogP contribution in [0.3, 0.4) is 0 Å². The van der Waals surface area contributed by atoms with Gasteiger partial charge in [-0.3, -0.25) is 4.79 Å². The van der Waals surface area contributed by atoms with Gasteiger partial charge < -0.3 is 9.88 Å². The van der Waals surface area contributed by atoms with Gasteiger partial charge in [-0.25, -0.2) is 0 Å². The van der Waals surface area contributed by atoms with E-state index < -0.39 is 0 Å². The van der Waals surface area contributed by atoms with Crippen LogP contribution < -0.4 is 5.32 Å². The summed E-state index contributed by atoms with van der Waals surface area (Å²) < 4.78 is 2.08. The average Bonchev–Trinajstić information content (AvgIpc) is 3.13. The number of hydrogen-bond donors (Lipinski definition) is 1. The molecule has 1 unspecified atom stereocenters. The van der Waals surface area contributed by atoms with Crippen LogP contribution in [0.2, 0.25) is 0 Å². The number of hydrogen-bond acceptors (Lipinski definition) is 4. The Balaban J connectivity index is 2.08. The van der Waals surface area contributed by atoms with E-state index in [0.29, 0.717) is 12.5 Å². The molecule has 116 valence electrons. The third-order valence-corrected chi connectivity index (χ3v) is 4.23. The molecule has 5 nitrogen and oxygen atoms in total. The molecule has 1 saturated carbocycles. The summed E-state index contributed by atoms with van der Waals surface area (Å²) in [6.45, 7) is 12.3. The fourth-order valence-corrected chi connectivity index (χ4v) is 2.88. The highest BCUT2D eigenvalue weighted by molar-refractivity contribution is 8.00. The first-order valence-electron chi connectivity index (χ1n) is 7.34. The molecule has 1 heterocycles. The monoisotopic (exact) mass is 308 g/mol. The van der Waals surface area contributed by atoms with Gasteiger partial charge in [0, 0.05) is 18.0 Å². The Kier molecular flexibility index (Phi) is 4.76. The minimum atomic E-state index is -0.222. The number of aromatic nitrogens is 3. The second kappa shape index (κ2) is 6.22. The van der Waals surface area contributed by atoms with Crippen molar-refractivity contribution in [2.45, 2.75) is 68.9 Å². The highest BCUT2D eigenvalue weighted by Gasteiger charge is 2.31. The van der Waals surface area contributed by atoms with Gasteiger partial charge in [-0.1, -0.05) is 17.8 Å². The zero-order valence-corrected chi connectivity index (χ0v) is 14.0. The van der Waals surface area contributed by atoms with E-state index in [2.05, 4.69) is 26.7 Å². The van der Waals surface area contributed by atoms with Gasteiger partial charge in [0.05, 0.1) is 5.25 Å². The lowest BCUT2D eigenvalue weighted by Gasteiger charge is -2.22. The Morgan fingerprint density at radius 1 is 1.52 bits per heavy atom. The number of allylic oxidation sites excluding steroid dienone is 1. The van der Waals surface area contributed by atoms with Crippen LogP contribution in [-0.2, 0) is 11.3 Å². The molecule has 0 bridgehead atoms. The van der Waals surface area contributed by atoms with Crippen LogP contribution in [0, 0.1) is 0 Å². The molecule has 1 atom stereocenters. The first-order valence-corrected chi connectivity index (χ1v) is 8.22. The van der Waals surface area contributed by atoms with Crippen molar-refractivity contribution in [1.29, 1.82) is 0 Å². The molecule has 0 aliphatic heterocycles. The largest absolute Gasteiger partial charge is 0.351 e. The van der Waals surface area contributed by atoms with Gasteiger partial charge in [-0.2, -0.15) is 0 Å². The molecule has 1 aromatic rings. The van der Waals surface area contributed by atoms with Crippen molar-refractivity contribution >= 4 is 17.7 Å². The van der Waals surface area contributed by atoms with E-state index in [0.717, 1.165) is 11.0 Å². The first kappa shape index (κ1) is 16.1. The lowest BCUT2D eigenvalue weighted by Crippen LogP contribution is -2.44. The maximum absolute atomic E-state index is 12.2. The molecule has 1 aromatic heterocycles. The minimum Gasteiger partial charge on any atom is -0.351 e. The Morgan fingerprint density at radius 3 is 2.71 bits per heavy atom. The summed E-state index contributed by atoms with van der Waals surface area (Å²) in [7, 11) is 0. The molecule has 1 aliphatic carbocycles. The number of thioether (sulfide) groups is 1. The lowest BCUT2D eigenvalue weighted by atomic mass is 10.1. The average molecular weight is 308 g/mol. The predicted molar refractivity (Wildman–Crippen MR) is 85.4 cm³/mol. The second-order valence-corrected chi connectivity index (χ2v) is 7.82. The summed E-state index contributed by atoms with van der Waals surface area (Å²) in [5.41, 5.74) is -0.222. The van der Waals surface area contributed by atoms with Gasteiger partial charge in [-0.05, 0) is 40.5 Å². The van der Waals surface area contributed by atoms with Gasteiger partial charge in [0.2, 0.25) is 5.91 Å². The van der Waals surface area contributed by atoms with Gasteiger partial charge in [0.15, 0.2) is 5.16 Å². The lowest BCUT2D eigenvalue weighted by molar-refractivity contribution is -0.121. The summed E-state index contributed by atoms with van der Waals surface area (Å²) in [4.78, 5) is 12.2. The molecule has 1 fully saturated rings. The molecule has 21 heavy (non-hydrogen) atoms. The summed E-state index contributed by atoms with van der Waals surface area (Å²) >= 11 is 1.45. The van der Waals surface area contributed by atoms with E-state index in [4.69, 9.17) is 0 Å². The zero-order valence-electron chi connectivity index (χ0n) is 13.2. The van der Waals surface area contributed by atoms with E-state index in [-0.39, 0.29) is 16.7 Å². The zero-order chi connectivity index (χ0) is 15.6. The topological polar surface area (TPSA) is 59.8 Å². The van der Waals surface area contributed by atoms with Crippen LogP contribution in [0.4, 0.5) is 0 Å². The molecule has 0 spiro atoms. The van der Waals surface area contributed by atoms with Gasteiger partial charge in [-0.15, -0.1) is 16.8 Å². The van der Waals surface area contributed by atoms with Crippen LogP contribution in [0.5, 0.6) is 0 Å². The van der Waals surface area contributed by atoms with E-state index in [9.17, 15) is 4.79 Å². The first-order chi connectivity index (χ1) is 9.81. The van der Waals surface area contributed by atoms with E-state index in [1.807, 2.05) is 33.8 Å². The van der Waals surface area contributed by atoms with Crippen molar-refractivity contribution in [2.24, 2.45) is 0 Å². The number of nitrogens with one attached hydrogen (secondary N) is 1. The molecule has 1 aliphatic rings. The Bertz CT molecular complexity index is 528. The summed E-state index contributed by atoms with van der Waals surface area (Å²) in [5.74, 6) is 1.58. The number of nitrogens with zero attached hydrogens (tertiary/aromatic N) is 3. The molecule has 2 rings (SSSR count). The maximum Gasteiger partial charge on any atom is 0.233 e.